The van der Waals surface area contributed by atoms with Crippen LogP contribution in [-0.2, 0) is 20.2 Å². The summed E-state index contributed by atoms with van der Waals surface area (Å²) in [5.41, 5.74) is 4.31. The topological polar surface area (TPSA) is 232 Å². The van der Waals surface area contributed by atoms with E-state index >= 15 is 0 Å². The number of rotatable bonds is 6. The molecule has 0 bridgehead atoms. The molecule has 14 nitrogen and oxygen atoms in total. The molecule has 0 amide bonds. The van der Waals surface area contributed by atoms with Crippen molar-refractivity contribution in [3.8, 4) is 0 Å². The van der Waals surface area contributed by atoms with Gasteiger partial charge in [0.15, 0.2) is 16.4 Å². The van der Waals surface area contributed by atoms with E-state index in [4.69, 9.17) is 28.9 Å². The van der Waals surface area contributed by atoms with Gasteiger partial charge < -0.3 is 16.4 Å². The number of aromatic nitrogens is 3. The number of ketones is 2. The van der Waals surface area contributed by atoms with E-state index in [9.17, 15) is 35.5 Å². The Hall–Kier alpha value is -3.77. The molecule has 3 aromatic rings. The summed E-state index contributed by atoms with van der Waals surface area (Å²) in [6.07, 6.45) is 0.655. The molecular formula is C23H16Cl2N6O8S2. The summed E-state index contributed by atoms with van der Waals surface area (Å²) in [4.78, 5) is 35.1. The molecule has 2 atom stereocenters. The van der Waals surface area contributed by atoms with Crippen LogP contribution in [0.15, 0.2) is 71.5 Å². The van der Waals surface area contributed by atoms with E-state index in [1.54, 1.807) is 0 Å². The molecule has 1 heterocycles. The first kappa shape index (κ1) is 28.7. The van der Waals surface area contributed by atoms with Crippen molar-refractivity contribution in [3.63, 3.8) is 0 Å². The number of fused-ring (bicyclic) bond motifs is 1. The summed E-state index contributed by atoms with van der Waals surface area (Å²) in [5, 5.41) is 2.73. The van der Waals surface area contributed by atoms with Crippen LogP contribution >= 0.6 is 23.2 Å². The zero-order chi connectivity index (χ0) is 29.9. The maximum Gasteiger partial charge on any atom is 0.290 e. The lowest BCUT2D eigenvalue weighted by molar-refractivity contribution is 0.0967. The molecule has 2 aliphatic rings. The van der Waals surface area contributed by atoms with Crippen LogP contribution in [0.2, 0.25) is 10.6 Å². The minimum Gasteiger partial charge on any atom is -0.355 e. The van der Waals surface area contributed by atoms with Gasteiger partial charge in [0.25, 0.3) is 20.2 Å². The van der Waals surface area contributed by atoms with Gasteiger partial charge in [0.2, 0.25) is 16.5 Å². The fourth-order valence-corrected chi connectivity index (χ4v) is 7.27. The molecule has 6 N–H and O–H groups in total. The van der Waals surface area contributed by atoms with E-state index < -0.39 is 53.1 Å². The summed E-state index contributed by atoms with van der Waals surface area (Å²) >= 11 is 11.5. The molecule has 0 aliphatic heterocycles. The molecule has 2 unspecified atom stereocenters. The quantitative estimate of drug-likeness (QED) is 0.244. The second kappa shape index (κ2) is 9.95. The SMILES string of the molecule is NC1(S(=O)(=O)O)C2=C(C(=O)c3ccccc3C2=O)C(Nc2ccc(Nc3nc(Cl)nc(Cl)n3)cc2)=CC1S(=O)(=O)O. The summed E-state index contributed by atoms with van der Waals surface area (Å²) in [7, 11) is -11.0. The lowest BCUT2D eigenvalue weighted by Crippen LogP contribution is -2.64. The average molecular weight is 639 g/mol. The molecule has 0 saturated heterocycles. The largest absolute Gasteiger partial charge is 0.355 e. The van der Waals surface area contributed by atoms with E-state index in [1.165, 1.54) is 48.5 Å². The third-order valence-electron chi connectivity index (χ3n) is 6.27. The highest BCUT2D eigenvalue weighted by atomic mass is 35.5. The Kier molecular flexibility index (Phi) is 6.98. The number of carbonyl (C=O) groups excluding carboxylic acids is 2. The average Bonchev–Trinajstić information content (AvgIpc) is 2.87. The van der Waals surface area contributed by atoms with Crippen molar-refractivity contribution in [2.45, 2.75) is 10.1 Å². The highest BCUT2D eigenvalue weighted by Crippen LogP contribution is 2.44. The third-order valence-corrected chi connectivity index (χ3v) is 9.22. The fourth-order valence-electron chi connectivity index (χ4n) is 4.50. The Balaban J connectivity index is 1.61. The molecule has 41 heavy (non-hydrogen) atoms. The number of benzene rings is 2. The lowest BCUT2D eigenvalue weighted by atomic mass is 9.76. The normalized spacial score (nSPS) is 20.7. The van der Waals surface area contributed by atoms with Gasteiger partial charge in [-0.2, -0.15) is 31.8 Å². The Morgan fingerprint density at radius 1 is 0.805 bits per heavy atom. The van der Waals surface area contributed by atoms with Gasteiger partial charge in [-0.3, -0.25) is 18.7 Å². The Labute approximate surface area is 241 Å². The Morgan fingerprint density at radius 3 is 1.83 bits per heavy atom. The molecule has 212 valence electrons. The number of halogens is 2. The van der Waals surface area contributed by atoms with Gasteiger partial charge in [-0.1, -0.05) is 24.3 Å². The van der Waals surface area contributed by atoms with Crippen LogP contribution in [0.1, 0.15) is 20.7 Å². The summed E-state index contributed by atoms with van der Waals surface area (Å²) < 4.78 is 69.9. The Morgan fingerprint density at radius 2 is 1.32 bits per heavy atom. The van der Waals surface area contributed by atoms with Crippen LogP contribution in [0.5, 0.6) is 0 Å². The fraction of sp³-hybridized carbons (Fsp3) is 0.0870. The highest BCUT2D eigenvalue weighted by Gasteiger charge is 2.61. The number of carbonyl (C=O) groups is 2. The van der Waals surface area contributed by atoms with E-state index in [2.05, 4.69) is 25.6 Å². The van der Waals surface area contributed by atoms with Gasteiger partial charge in [0, 0.05) is 28.2 Å². The van der Waals surface area contributed by atoms with Gasteiger partial charge in [-0.15, -0.1) is 0 Å². The number of nitrogens with one attached hydrogen (secondary N) is 2. The van der Waals surface area contributed by atoms with E-state index in [0.717, 1.165) is 0 Å². The molecule has 2 aromatic carbocycles. The summed E-state index contributed by atoms with van der Waals surface area (Å²) in [5.74, 6) is -1.96. The second-order valence-corrected chi connectivity index (χ2v) is 12.6. The van der Waals surface area contributed by atoms with Crippen LogP contribution in [0.25, 0.3) is 0 Å². The predicted octanol–water partition coefficient (Wildman–Crippen LogP) is 2.41. The second-order valence-electron chi connectivity index (χ2n) is 8.76. The molecular weight excluding hydrogens is 623 g/mol. The first-order valence-corrected chi connectivity index (χ1v) is 14.9. The zero-order valence-corrected chi connectivity index (χ0v) is 23.3. The predicted molar refractivity (Wildman–Crippen MR) is 147 cm³/mol. The van der Waals surface area contributed by atoms with Crippen molar-refractivity contribution >= 4 is 72.3 Å². The monoisotopic (exact) mass is 638 g/mol. The van der Waals surface area contributed by atoms with Crippen molar-refractivity contribution in [3.05, 3.63) is 93.1 Å². The van der Waals surface area contributed by atoms with Gasteiger partial charge in [-0.05, 0) is 53.5 Å². The van der Waals surface area contributed by atoms with Crippen molar-refractivity contribution in [1.82, 2.24) is 15.0 Å². The molecule has 1 aromatic heterocycles. The minimum atomic E-state index is -5.63. The van der Waals surface area contributed by atoms with E-state index in [-0.39, 0.29) is 39.0 Å². The maximum atomic E-state index is 13.6. The van der Waals surface area contributed by atoms with Crippen molar-refractivity contribution in [2.75, 3.05) is 10.6 Å². The van der Waals surface area contributed by atoms with Crippen molar-refractivity contribution in [1.29, 1.82) is 0 Å². The van der Waals surface area contributed by atoms with Gasteiger partial charge >= 0.3 is 0 Å². The van der Waals surface area contributed by atoms with E-state index in [0.29, 0.717) is 11.8 Å². The smallest absolute Gasteiger partial charge is 0.290 e. The highest BCUT2D eigenvalue weighted by molar-refractivity contribution is 7.91. The molecule has 0 radical (unpaired) electrons. The molecule has 0 saturated carbocycles. The number of anilines is 3. The van der Waals surface area contributed by atoms with Crippen LogP contribution in [-0.4, -0.2) is 62.6 Å². The third kappa shape index (κ3) is 4.99. The molecule has 5 rings (SSSR count). The lowest BCUT2D eigenvalue weighted by Gasteiger charge is -2.39. The first-order chi connectivity index (χ1) is 19.1. The van der Waals surface area contributed by atoms with Gasteiger partial charge in [0.1, 0.15) is 5.25 Å². The number of hydrogen-bond donors (Lipinski definition) is 5. The summed E-state index contributed by atoms with van der Waals surface area (Å²) in [6.45, 7) is 0. The van der Waals surface area contributed by atoms with Crippen LogP contribution in [0.4, 0.5) is 17.3 Å². The standard InChI is InChI=1S/C23H16Cl2N6O8S2/c24-20-29-21(25)31-22(30-20)28-11-7-5-10(6-8-11)27-14-9-15(40(34,35)36)23(26,41(37,38)39)17-16(14)18(32)12-3-1-2-4-13(12)19(17)33/h1-9,15,27H,26H2,(H,34,35,36)(H,37,38,39)(H,28,29,30,31). The van der Waals surface area contributed by atoms with E-state index in [1.807, 2.05) is 0 Å². The number of nitrogens with two attached hydrogens (primary N) is 1. The molecule has 0 spiro atoms. The van der Waals surface area contributed by atoms with Gasteiger partial charge in [-0.25, -0.2) is 0 Å². The minimum absolute atomic E-state index is 0.0333. The summed E-state index contributed by atoms with van der Waals surface area (Å²) in [6, 6.07) is 11.4. The Bertz CT molecular complexity index is 1910. The van der Waals surface area contributed by atoms with Crippen LogP contribution < -0.4 is 16.4 Å². The molecule has 2 aliphatic carbocycles. The van der Waals surface area contributed by atoms with Crippen molar-refractivity contribution in [2.24, 2.45) is 5.73 Å². The number of nitrogens with zero attached hydrogens (tertiary/aromatic N) is 3. The number of hydrogen-bond acceptors (Lipinski definition) is 12. The van der Waals surface area contributed by atoms with Crippen LogP contribution in [0, 0.1) is 0 Å². The van der Waals surface area contributed by atoms with Gasteiger partial charge in [0.05, 0.1) is 11.1 Å². The molecule has 18 heteroatoms. The zero-order valence-electron chi connectivity index (χ0n) is 20.1. The van der Waals surface area contributed by atoms with Crippen molar-refractivity contribution < 1.29 is 35.5 Å². The first-order valence-electron chi connectivity index (χ1n) is 11.2. The van der Waals surface area contributed by atoms with Crippen LogP contribution in [0.3, 0.4) is 0 Å². The number of allylic oxidation sites excluding steroid dienone is 1. The number of Topliss-reactive ketones (excluding diaryl/α,β-unsaturated/α-hetero) is 2. The maximum absolute atomic E-state index is 13.6. The molecule has 0 fully saturated rings.